The molecule has 0 saturated heterocycles. The van der Waals surface area contributed by atoms with Crippen LogP contribution in [0.5, 0.6) is 0 Å². The van der Waals surface area contributed by atoms with Crippen LogP contribution < -0.4 is 0 Å². The monoisotopic (exact) mass is 368 g/mol. The highest BCUT2D eigenvalue weighted by Gasteiger charge is 2.54. The molecule has 5 heteroatoms. The van der Waals surface area contributed by atoms with E-state index in [1.807, 2.05) is 23.6 Å². The van der Waals surface area contributed by atoms with Gasteiger partial charge >= 0.3 is 0 Å². The quantitative estimate of drug-likeness (QED) is 0.813. The Balaban J connectivity index is 1.27. The summed E-state index contributed by atoms with van der Waals surface area (Å²) in [5.41, 5.74) is 1.18. The van der Waals surface area contributed by atoms with Gasteiger partial charge in [0.05, 0.1) is 10.6 Å². The van der Waals surface area contributed by atoms with Crippen molar-refractivity contribution in [3.8, 4) is 0 Å². The first kappa shape index (κ1) is 16.6. The molecule has 4 aliphatic rings. The second-order valence-corrected chi connectivity index (χ2v) is 9.55. The number of nitrogens with zero attached hydrogens (tertiary/aromatic N) is 2. The first-order valence-corrected chi connectivity index (χ1v) is 10.6. The molecular formula is C21H24N2O2S. The Kier molecular flexibility index (Phi) is 3.98. The van der Waals surface area contributed by atoms with E-state index in [-0.39, 0.29) is 5.78 Å². The lowest BCUT2D eigenvalue weighted by molar-refractivity contribution is -0.151. The number of ketones is 1. The lowest BCUT2D eigenvalue weighted by Crippen LogP contribution is -2.54. The number of thiazole rings is 1. The molecule has 136 valence electrons. The van der Waals surface area contributed by atoms with Crippen molar-refractivity contribution >= 4 is 17.1 Å². The zero-order valence-electron chi connectivity index (χ0n) is 14.8. The third kappa shape index (κ3) is 3.01. The van der Waals surface area contributed by atoms with Gasteiger partial charge < -0.3 is 5.11 Å². The number of carbonyl (C=O) groups is 1. The Hall–Kier alpha value is -1.59. The number of hydrogen-bond donors (Lipinski definition) is 1. The van der Waals surface area contributed by atoms with Crippen molar-refractivity contribution in [3.05, 3.63) is 46.2 Å². The van der Waals surface area contributed by atoms with E-state index in [0.29, 0.717) is 42.2 Å². The predicted molar refractivity (Wildman–Crippen MR) is 100 cm³/mol. The molecule has 0 aliphatic heterocycles. The summed E-state index contributed by atoms with van der Waals surface area (Å²) in [4.78, 5) is 21.8. The van der Waals surface area contributed by atoms with Crippen LogP contribution in [-0.2, 0) is 6.42 Å². The highest BCUT2D eigenvalue weighted by Crippen LogP contribution is 2.59. The maximum Gasteiger partial charge on any atom is 0.182 e. The molecule has 4 nitrogen and oxygen atoms in total. The van der Waals surface area contributed by atoms with E-state index in [1.54, 1.807) is 17.5 Å². The van der Waals surface area contributed by atoms with Gasteiger partial charge in [-0.3, -0.25) is 9.78 Å². The molecular weight excluding hydrogens is 344 g/mol. The molecule has 2 unspecified atom stereocenters. The van der Waals surface area contributed by atoms with Gasteiger partial charge in [-0.2, -0.15) is 0 Å². The Bertz CT molecular complexity index is 802. The second kappa shape index (κ2) is 6.24. The number of aliphatic hydroxyl groups is 1. The Morgan fingerprint density at radius 2 is 2.04 bits per heavy atom. The summed E-state index contributed by atoms with van der Waals surface area (Å²) in [5.74, 6) is 2.37. The van der Waals surface area contributed by atoms with Gasteiger partial charge in [-0.05, 0) is 67.9 Å². The summed E-state index contributed by atoms with van der Waals surface area (Å²) < 4.78 is 0. The number of aromatic nitrogens is 2. The molecule has 4 bridgehead atoms. The molecule has 2 aromatic rings. The molecule has 0 spiro atoms. The van der Waals surface area contributed by atoms with Gasteiger partial charge in [0.2, 0.25) is 0 Å². The average molecular weight is 369 g/mol. The van der Waals surface area contributed by atoms with Gasteiger partial charge in [0.15, 0.2) is 5.78 Å². The minimum Gasteiger partial charge on any atom is -0.390 e. The molecule has 6 rings (SSSR count). The maximum atomic E-state index is 12.8. The molecule has 2 heterocycles. The van der Waals surface area contributed by atoms with E-state index in [1.165, 1.54) is 12.8 Å². The summed E-state index contributed by atoms with van der Waals surface area (Å²) >= 11 is 1.55. The van der Waals surface area contributed by atoms with Crippen molar-refractivity contribution in [2.24, 2.45) is 23.7 Å². The van der Waals surface area contributed by atoms with Gasteiger partial charge in [-0.25, -0.2) is 4.98 Å². The van der Waals surface area contributed by atoms with Crippen molar-refractivity contribution in [2.45, 2.75) is 50.5 Å². The van der Waals surface area contributed by atoms with Crippen LogP contribution in [0.2, 0.25) is 0 Å². The van der Waals surface area contributed by atoms with Gasteiger partial charge in [0.1, 0.15) is 5.69 Å². The molecule has 26 heavy (non-hydrogen) atoms. The minimum atomic E-state index is -0.424. The Morgan fingerprint density at radius 1 is 1.23 bits per heavy atom. The highest BCUT2D eigenvalue weighted by molar-refractivity contribution is 7.09. The van der Waals surface area contributed by atoms with E-state index in [9.17, 15) is 9.90 Å². The lowest BCUT2D eigenvalue weighted by atomic mass is 9.49. The maximum absolute atomic E-state index is 12.8. The topological polar surface area (TPSA) is 63.1 Å². The van der Waals surface area contributed by atoms with E-state index >= 15 is 0 Å². The van der Waals surface area contributed by atoms with E-state index in [0.717, 1.165) is 30.0 Å². The largest absolute Gasteiger partial charge is 0.390 e. The molecule has 0 radical (unpaired) electrons. The summed E-state index contributed by atoms with van der Waals surface area (Å²) in [5, 5.41) is 13.6. The zero-order valence-corrected chi connectivity index (χ0v) is 15.6. The molecule has 2 aromatic heterocycles. The fourth-order valence-corrected chi connectivity index (χ4v) is 6.73. The number of rotatable bonds is 5. The molecule has 1 N–H and O–H groups in total. The number of Topliss-reactive ketones (excluding diaryl/α,β-unsaturated/α-hetero) is 1. The standard InChI is InChI=1S/C21H24N2O2S/c24-19(18-12-26-20(23-18)7-16-3-1-2-4-22-16)8-17-14-5-13-6-15(17)11-21(25,9-13)10-14/h1-4,12-15,17,25H,5-11H2. The number of pyridine rings is 1. The Morgan fingerprint density at radius 3 is 2.73 bits per heavy atom. The first-order valence-electron chi connectivity index (χ1n) is 9.68. The van der Waals surface area contributed by atoms with Gasteiger partial charge in [0.25, 0.3) is 0 Å². The smallest absolute Gasteiger partial charge is 0.182 e. The van der Waals surface area contributed by atoms with Crippen LogP contribution in [0.3, 0.4) is 0 Å². The van der Waals surface area contributed by atoms with Crippen LogP contribution in [-0.4, -0.2) is 26.5 Å². The Labute approximate surface area is 157 Å². The van der Waals surface area contributed by atoms with Crippen LogP contribution >= 0.6 is 11.3 Å². The molecule has 4 saturated carbocycles. The average Bonchev–Trinajstić information content (AvgIpc) is 3.06. The molecule has 0 amide bonds. The van der Waals surface area contributed by atoms with Crippen molar-refractivity contribution in [2.75, 3.05) is 0 Å². The molecule has 0 aromatic carbocycles. The van der Waals surface area contributed by atoms with Crippen LogP contribution in [0.15, 0.2) is 29.8 Å². The normalized spacial score (nSPS) is 35.0. The lowest BCUT2D eigenvalue weighted by Gasteiger charge is -2.58. The SMILES string of the molecule is O=C(CC1C2CC3CC1CC(O)(C3)C2)c1csc(Cc2ccccn2)n1. The van der Waals surface area contributed by atoms with Crippen molar-refractivity contribution in [1.29, 1.82) is 0 Å². The van der Waals surface area contributed by atoms with E-state index in [2.05, 4.69) is 9.97 Å². The third-order valence-corrected chi connectivity index (χ3v) is 7.60. The van der Waals surface area contributed by atoms with Crippen LogP contribution in [0, 0.1) is 23.7 Å². The first-order chi connectivity index (χ1) is 12.6. The van der Waals surface area contributed by atoms with E-state index in [4.69, 9.17) is 0 Å². The van der Waals surface area contributed by atoms with Crippen LogP contribution in [0.25, 0.3) is 0 Å². The summed E-state index contributed by atoms with van der Waals surface area (Å²) in [7, 11) is 0. The third-order valence-electron chi connectivity index (χ3n) is 6.75. The van der Waals surface area contributed by atoms with Gasteiger partial charge in [-0.15, -0.1) is 11.3 Å². The minimum absolute atomic E-state index is 0.179. The highest BCUT2D eigenvalue weighted by atomic mass is 32.1. The van der Waals surface area contributed by atoms with Gasteiger partial charge in [-0.1, -0.05) is 6.07 Å². The fraction of sp³-hybridized carbons (Fsp3) is 0.571. The predicted octanol–water partition coefficient (Wildman–Crippen LogP) is 3.89. The summed E-state index contributed by atoms with van der Waals surface area (Å²) in [6.45, 7) is 0. The van der Waals surface area contributed by atoms with Crippen LogP contribution in [0.4, 0.5) is 0 Å². The number of hydrogen-bond acceptors (Lipinski definition) is 5. The summed E-state index contributed by atoms with van der Waals surface area (Å²) in [6.07, 6.45) is 8.28. The van der Waals surface area contributed by atoms with Crippen molar-refractivity contribution < 1.29 is 9.90 Å². The molecule has 4 fully saturated rings. The fourth-order valence-electron chi connectivity index (χ4n) is 5.92. The number of carbonyl (C=O) groups excluding carboxylic acids is 1. The van der Waals surface area contributed by atoms with Crippen molar-refractivity contribution in [3.63, 3.8) is 0 Å². The van der Waals surface area contributed by atoms with E-state index < -0.39 is 5.60 Å². The zero-order chi connectivity index (χ0) is 17.7. The van der Waals surface area contributed by atoms with Gasteiger partial charge in [0, 0.05) is 30.1 Å². The summed E-state index contributed by atoms with van der Waals surface area (Å²) in [6, 6.07) is 5.87. The molecule has 4 aliphatic carbocycles. The molecule has 2 atom stereocenters. The van der Waals surface area contributed by atoms with Crippen LogP contribution in [0.1, 0.15) is 59.7 Å². The van der Waals surface area contributed by atoms with Crippen molar-refractivity contribution in [1.82, 2.24) is 9.97 Å². The second-order valence-electron chi connectivity index (χ2n) is 8.61.